The van der Waals surface area contributed by atoms with Crippen LogP contribution < -0.4 is 20.1 Å². The molecule has 0 spiro atoms. The molecule has 0 aromatic heterocycles. The topological polar surface area (TPSA) is 79.8 Å². The van der Waals surface area contributed by atoms with E-state index >= 15 is 0 Å². The Kier molecular flexibility index (Phi) is 4.50. The lowest BCUT2D eigenvalue weighted by molar-refractivity contribution is 0.262. The molecule has 0 saturated carbocycles. The Morgan fingerprint density at radius 1 is 0.905 bits per heavy atom. The maximum Gasteiger partial charge on any atom is 0.323 e. The van der Waals surface area contributed by atoms with Crippen molar-refractivity contribution in [1.29, 1.82) is 0 Å². The van der Waals surface area contributed by atoms with Crippen molar-refractivity contribution >= 4 is 17.4 Å². The van der Waals surface area contributed by atoms with Gasteiger partial charge in [-0.25, -0.2) is 4.79 Å². The number of urea groups is 1. The summed E-state index contributed by atoms with van der Waals surface area (Å²) in [6.45, 7) is 0. The van der Waals surface area contributed by atoms with E-state index in [9.17, 15) is 9.90 Å². The lowest BCUT2D eigenvalue weighted by Crippen LogP contribution is -2.19. The summed E-state index contributed by atoms with van der Waals surface area (Å²) in [6, 6.07) is 10.9. The molecule has 21 heavy (non-hydrogen) atoms. The Hall–Kier alpha value is -2.89. The van der Waals surface area contributed by atoms with E-state index in [0.717, 1.165) is 0 Å². The number of nitrogens with one attached hydrogen (secondary N) is 2. The SMILES string of the molecule is COc1ccc(NC(=O)Nc2ccc(O)cc2)cc1OC. The zero-order valence-electron chi connectivity index (χ0n) is 11.7. The Morgan fingerprint density at radius 2 is 1.48 bits per heavy atom. The molecular formula is C15H16N2O4. The first-order valence-corrected chi connectivity index (χ1v) is 6.21. The number of methoxy groups -OCH3 is 2. The lowest BCUT2D eigenvalue weighted by Gasteiger charge is -2.11. The molecule has 0 heterocycles. The fourth-order valence-corrected chi connectivity index (χ4v) is 1.75. The number of phenolic OH excluding ortho intramolecular Hbond substituents is 1. The molecule has 0 aliphatic rings. The summed E-state index contributed by atoms with van der Waals surface area (Å²) in [5.41, 5.74) is 1.15. The van der Waals surface area contributed by atoms with Gasteiger partial charge in [0.05, 0.1) is 14.2 Å². The Bertz CT molecular complexity index is 626. The van der Waals surface area contributed by atoms with Crippen LogP contribution in [0.4, 0.5) is 16.2 Å². The Morgan fingerprint density at radius 3 is 2.10 bits per heavy atom. The molecule has 6 nitrogen and oxygen atoms in total. The fraction of sp³-hybridized carbons (Fsp3) is 0.133. The third-order valence-electron chi connectivity index (χ3n) is 2.77. The maximum atomic E-state index is 11.9. The van der Waals surface area contributed by atoms with E-state index in [-0.39, 0.29) is 5.75 Å². The van der Waals surface area contributed by atoms with Gasteiger partial charge in [0, 0.05) is 17.4 Å². The molecule has 2 rings (SSSR count). The Labute approximate surface area is 122 Å². The molecule has 2 aromatic rings. The molecule has 0 bridgehead atoms. The van der Waals surface area contributed by atoms with E-state index in [0.29, 0.717) is 22.9 Å². The molecule has 0 aliphatic heterocycles. The first kappa shape index (κ1) is 14.5. The molecule has 0 aliphatic carbocycles. The van der Waals surface area contributed by atoms with Crippen molar-refractivity contribution in [3.63, 3.8) is 0 Å². The molecular weight excluding hydrogens is 272 g/mol. The molecule has 0 saturated heterocycles. The standard InChI is InChI=1S/C15H16N2O4/c1-20-13-8-5-11(9-14(13)21-2)17-15(19)16-10-3-6-12(18)7-4-10/h3-9,18H,1-2H3,(H2,16,17,19). The summed E-state index contributed by atoms with van der Waals surface area (Å²) in [5.74, 6) is 1.25. The summed E-state index contributed by atoms with van der Waals surface area (Å²) in [7, 11) is 3.07. The number of ether oxygens (including phenoxy) is 2. The van der Waals surface area contributed by atoms with E-state index in [4.69, 9.17) is 9.47 Å². The number of hydrogen-bond donors (Lipinski definition) is 3. The molecule has 110 valence electrons. The van der Waals surface area contributed by atoms with Crippen molar-refractivity contribution in [3.05, 3.63) is 42.5 Å². The van der Waals surface area contributed by atoms with Crippen molar-refractivity contribution in [1.82, 2.24) is 0 Å². The number of phenols is 1. The molecule has 0 radical (unpaired) electrons. The minimum Gasteiger partial charge on any atom is -0.508 e. The van der Waals surface area contributed by atoms with Crippen LogP contribution in [0.25, 0.3) is 0 Å². The highest BCUT2D eigenvalue weighted by Gasteiger charge is 2.07. The normalized spacial score (nSPS) is 9.81. The number of benzene rings is 2. The molecule has 2 aromatic carbocycles. The zero-order chi connectivity index (χ0) is 15.2. The minimum absolute atomic E-state index is 0.140. The predicted molar refractivity (Wildman–Crippen MR) is 80.3 cm³/mol. The molecule has 2 amide bonds. The summed E-state index contributed by atoms with van der Waals surface area (Å²) in [5, 5.41) is 14.5. The van der Waals surface area contributed by atoms with Crippen LogP contribution in [0.3, 0.4) is 0 Å². The quantitative estimate of drug-likeness (QED) is 0.755. The average Bonchev–Trinajstić information content (AvgIpc) is 2.49. The molecule has 0 atom stereocenters. The van der Waals surface area contributed by atoms with Gasteiger partial charge in [0.2, 0.25) is 0 Å². The average molecular weight is 288 g/mol. The number of aromatic hydroxyl groups is 1. The van der Waals surface area contributed by atoms with Crippen molar-refractivity contribution in [2.24, 2.45) is 0 Å². The number of carbonyl (C=O) groups excluding carboxylic acids is 1. The van der Waals surface area contributed by atoms with Crippen LogP contribution in [-0.2, 0) is 0 Å². The third-order valence-corrected chi connectivity index (χ3v) is 2.77. The van der Waals surface area contributed by atoms with Crippen LogP contribution in [0.15, 0.2) is 42.5 Å². The second-order valence-corrected chi connectivity index (χ2v) is 4.20. The second kappa shape index (κ2) is 6.51. The maximum absolute atomic E-state index is 11.9. The first-order valence-electron chi connectivity index (χ1n) is 6.21. The summed E-state index contributed by atoms with van der Waals surface area (Å²) in [4.78, 5) is 11.9. The van der Waals surface area contributed by atoms with E-state index in [1.807, 2.05) is 0 Å². The van der Waals surface area contributed by atoms with Gasteiger partial charge < -0.3 is 25.2 Å². The van der Waals surface area contributed by atoms with Gasteiger partial charge in [-0.2, -0.15) is 0 Å². The van der Waals surface area contributed by atoms with Crippen LogP contribution in [0, 0.1) is 0 Å². The smallest absolute Gasteiger partial charge is 0.323 e. The van der Waals surface area contributed by atoms with Crippen LogP contribution >= 0.6 is 0 Å². The van der Waals surface area contributed by atoms with Gasteiger partial charge in [-0.05, 0) is 36.4 Å². The molecule has 3 N–H and O–H groups in total. The van der Waals surface area contributed by atoms with Gasteiger partial charge in [-0.1, -0.05) is 0 Å². The number of carbonyl (C=O) groups is 1. The van der Waals surface area contributed by atoms with Crippen molar-refractivity contribution in [2.75, 3.05) is 24.9 Å². The van der Waals surface area contributed by atoms with E-state index < -0.39 is 6.03 Å². The number of amides is 2. The molecule has 0 fully saturated rings. The van der Waals surface area contributed by atoms with Gasteiger partial charge >= 0.3 is 6.03 Å². The van der Waals surface area contributed by atoms with Crippen molar-refractivity contribution in [3.8, 4) is 17.2 Å². The monoisotopic (exact) mass is 288 g/mol. The van der Waals surface area contributed by atoms with Crippen LogP contribution in [0.2, 0.25) is 0 Å². The van der Waals surface area contributed by atoms with Gasteiger partial charge in [0.15, 0.2) is 11.5 Å². The summed E-state index contributed by atoms with van der Waals surface area (Å²) in [6.07, 6.45) is 0. The highest BCUT2D eigenvalue weighted by molar-refractivity contribution is 5.99. The van der Waals surface area contributed by atoms with Crippen molar-refractivity contribution in [2.45, 2.75) is 0 Å². The predicted octanol–water partition coefficient (Wildman–Crippen LogP) is 3.05. The van der Waals surface area contributed by atoms with Gasteiger partial charge in [0.25, 0.3) is 0 Å². The second-order valence-electron chi connectivity index (χ2n) is 4.20. The van der Waals surface area contributed by atoms with E-state index in [2.05, 4.69) is 10.6 Å². The molecule has 0 unspecified atom stereocenters. The Balaban J connectivity index is 2.04. The summed E-state index contributed by atoms with van der Waals surface area (Å²) >= 11 is 0. The van der Waals surface area contributed by atoms with Gasteiger partial charge in [-0.3, -0.25) is 0 Å². The highest BCUT2D eigenvalue weighted by atomic mass is 16.5. The highest BCUT2D eigenvalue weighted by Crippen LogP contribution is 2.29. The minimum atomic E-state index is -0.395. The van der Waals surface area contributed by atoms with Gasteiger partial charge in [-0.15, -0.1) is 0 Å². The van der Waals surface area contributed by atoms with Gasteiger partial charge in [0.1, 0.15) is 5.75 Å². The van der Waals surface area contributed by atoms with Crippen LogP contribution in [0.1, 0.15) is 0 Å². The third kappa shape index (κ3) is 3.79. The molecule has 6 heteroatoms. The fourth-order valence-electron chi connectivity index (χ4n) is 1.75. The lowest BCUT2D eigenvalue weighted by atomic mass is 10.2. The summed E-state index contributed by atoms with van der Waals surface area (Å²) < 4.78 is 10.3. The number of hydrogen-bond acceptors (Lipinski definition) is 4. The van der Waals surface area contributed by atoms with E-state index in [1.165, 1.54) is 19.2 Å². The van der Waals surface area contributed by atoms with Crippen LogP contribution in [0.5, 0.6) is 17.2 Å². The first-order chi connectivity index (χ1) is 10.1. The van der Waals surface area contributed by atoms with E-state index in [1.54, 1.807) is 37.4 Å². The van der Waals surface area contributed by atoms with Crippen molar-refractivity contribution < 1.29 is 19.4 Å². The van der Waals surface area contributed by atoms with Crippen LogP contribution in [-0.4, -0.2) is 25.4 Å². The zero-order valence-corrected chi connectivity index (χ0v) is 11.7. The number of rotatable bonds is 4. The largest absolute Gasteiger partial charge is 0.508 e. The number of anilines is 2.